The molecular formula is C20H20N4O4. The van der Waals surface area contributed by atoms with Gasteiger partial charge in [0, 0.05) is 32.4 Å². The van der Waals surface area contributed by atoms with E-state index in [1.165, 1.54) is 0 Å². The van der Waals surface area contributed by atoms with Gasteiger partial charge < -0.3 is 19.0 Å². The Kier molecular flexibility index (Phi) is 4.68. The van der Waals surface area contributed by atoms with E-state index < -0.39 is 5.63 Å². The Balaban J connectivity index is 1.48. The fourth-order valence-corrected chi connectivity index (χ4v) is 3.17. The van der Waals surface area contributed by atoms with Gasteiger partial charge in [0.25, 0.3) is 5.91 Å². The van der Waals surface area contributed by atoms with E-state index in [9.17, 15) is 9.59 Å². The number of ether oxygens (including phenoxy) is 1. The Morgan fingerprint density at radius 1 is 1.29 bits per heavy atom. The second-order valence-corrected chi connectivity index (χ2v) is 6.87. The Morgan fingerprint density at radius 2 is 2.11 bits per heavy atom. The molecule has 4 rings (SSSR count). The van der Waals surface area contributed by atoms with Gasteiger partial charge in [-0.05, 0) is 12.1 Å². The molecule has 144 valence electrons. The molecule has 3 aromatic rings. The highest BCUT2D eigenvalue weighted by atomic mass is 16.5. The molecule has 0 N–H and O–H groups in total. The molecule has 8 heteroatoms. The summed E-state index contributed by atoms with van der Waals surface area (Å²) in [6.07, 6.45) is 3.65. The molecule has 0 bridgehead atoms. The Labute approximate surface area is 161 Å². The highest BCUT2D eigenvalue weighted by Crippen LogP contribution is 2.20. The van der Waals surface area contributed by atoms with Crippen LogP contribution in [0.3, 0.4) is 0 Å². The zero-order chi connectivity index (χ0) is 19.7. The first-order valence-electron chi connectivity index (χ1n) is 8.99. The summed E-state index contributed by atoms with van der Waals surface area (Å²) >= 11 is 0. The number of nitrogens with zero attached hydrogens (tertiary/aromatic N) is 4. The molecule has 1 amide bonds. The number of amides is 1. The summed E-state index contributed by atoms with van der Waals surface area (Å²) in [7, 11) is 3.75. The van der Waals surface area contributed by atoms with Gasteiger partial charge in [-0.1, -0.05) is 18.2 Å². The molecule has 1 saturated heterocycles. The average Bonchev–Trinajstić information content (AvgIpc) is 3.15. The summed E-state index contributed by atoms with van der Waals surface area (Å²) in [4.78, 5) is 37.0. The van der Waals surface area contributed by atoms with Crippen molar-refractivity contribution in [3.05, 3.63) is 58.7 Å². The zero-order valence-corrected chi connectivity index (χ0v) is 15.7. The standard InChI is InChI=1S/C20H20N4O4/c1-23(2)17-10-21-11-18(22-17)27-14-7-8-24(12-14)19(25)15-9-13-5-3-4-6-16(13)28-20(15)26/h3-6,9-11,14H,7-8,12H2,1-2H3. The van der Waals surface area contributed by atoms with E-state index in [2.05, 4.69) is 9.97 Å². The van der Waals surface area contributed by atoms with Crippen LogP contribution in [0, 0.1) is 0 Å². The quantitative estimate of drug-likeness (QED) is 0.639. The largest absolute Gasteiger partial charge is 0.471 e. The van der Waals surface area contributed by atoms with Gasteiger partial charge in [0.1, 0.15) is 17.3 Å². The fraction of sp³-hybridized carbons (Fsp3) is 0.300. The summed E-state index contributed by atoms with van der Waals surface area (Å²) < 4.78 is 11.2. The highest BCUT2D eigenvalue weighted by Gasteiger charge is 2.30. The van der Waals surface area contributed by atoms with E-state index in [0.717, 1.165) is 0 Å². The highest BCUT2D eigenvalue weighted by molar-refractivity contribution is 5.96. The molecule has 3 heterocycles. The van der Waals surface area contributed by atoms with E-state index in [4.69, 9.17) is 9.15 Å². The van der Waals surface area contributed by atoms with Crippen molar-refractivity contribution in [3.63, 3.8) is 0 Å². The number of hydrogen-bond donors (Lipinski definition) is 0. The van der Waals surface area contributed by atoms with Crippen LogP contribution in [0.2, 0.25) is 0 Å². The van der Waals surface area contributed by atoms with Gasteiger partial charge in [0.15, 0.2) is 5.82 Å². The smallest absolute Gasteiger partial charge is 0.349 e. The van der Waals surface area contributed by atoms with Crippen LogP contribution < -0.4 is 15.3 Å². The van der Waals surface area contributed by atoms with E-state index in [1.807, 2.05) is 25.1 Å². The van der Waals surface area contributed by atoms with Gasteiger partial charge in [-0.15, -0.1) is 0 Å². The lowest BCUT2D eigenvalue weighted by Crippen LogP contribution is -2.33. The van der Waals surface area contributed by atoms with Gasteiger partial charge in [-0.3, -0.25) is 9.78 Å². The number of para-hydroxylation sites is 1. The molecule has 0 radical (unpaired) electrons. The predicted molar refractivity (Wildman–Crippen MR) is 104 cm³/mol. The minimum absolute atomic E-state index is 0.0359. The number of hydrogen-bond acceptors (Lipinski definition) is 7. The van der Waals surface area contributed by atoms with Crippen molar-refractivity contribution in [3.8, 4) is 5.88 Å². The van der Waals surface area contributed by atoms with Crippen molar-refractivity contribution >= 4 is 22.7 Å². The van der Waals surface area contributed by atoms with Crippen molar-refractivity contribution in [2.45, 2.75) is 12.5 Å². The van der Waals surface area contributed by atoms with Gasteiger partial charge in [0.05, 0.1) is 18.9 Å². The van der Waals surface area contributed by atoms with Crippen molar-refractivity contribution in [2.75, 3.05) is 32.1 Å². The van der Waals surface area contributed by atoms with E-state index >= 15 is 0 Å². The molecule has 28 heavy (non-hydrogen) atoms. The number of aromatic nitrogens is 2. The van der Waals surface area contributed by atoms with Crippen LogP contribution in [0.4, 0.5) is 5.82 Å². The van der Waals surface area contributed by atoms with Crippen LogP contribution in [0.15, 0.2) is 51.9 Å². The van der Waals surface area contributed by atoms with Gasteiger partial charge in [-0.25, -0.2) is 4.79 Å². The lowest BCUT2D eigenvalue weighted by molar-refractivity contribution is 0.0767. The molecule has 0 spiro atoms. The number of rotatable bonds is 4. The molecule has 1 unspecified atom stereocenters. The monoisotopic (exact) mass is 380 g/mol. The summed E-state index contributed by atoms with van der Waals surface area (Å²) in [5.74, 6) is 0.756. The number of fused-ring (bicyclic) bond motifs is 1. The van der Waals surface area contributed by atoms with Crippen LogP contribution in [0.1, 0.15) is 16.8 Å². The third-order valence-electron chi connectivity index (χ3n) is 4.65. The summed E-state index contributed by atoms with van der Waals surface area (Å²) in [5, 5.41) is 0.716. The van der Waals surface area contributed by atoms with E-state index in [-0.39, 0.29) is 17.6 Å². The van der Waals surface area contributed by atoms with Gasteiger partial charge in [0.2, 0.25) is 5.88 Å². The molecule has 1 aromatic carbocycles. The molecule has 1 aliphatic heterocycles. The number of carbonyl (C=O) groups excluding carboxylic acids is 1. The minimum atomic E-state index is -0.627. The maximum Gasteiger partial charge on any atom is 0.349 e. The van der Waals surface area contributed by atoms with Crippen molar-refractivity contribution in [1.29, 1.82) is 0 Å². The van der Waals surface area contributed by atoms with Crippen LogP contribution in [-0.4, -0.2) is 54.1 Å². The van der Waals surface area contributed by atoms with Crippen LogP contribution in [-0.2, 0) is 0 Å². The summed E-state index contributed by atoms with van der Waals surface area (Å²) in [6, 6.07) is 8.71. The molecule has 0 saturated carbocycles. The maximum atomic E-state index is 12.8. The first-order valence-corrected chi connectivity index (χ1v) is 8.99. The normalized spacial score (nSPS) is 16.4. The van der Waals surface area contributed by atoms with Gasteiger partial charge >= 0.3 is 5.63 Å². The van der Waals surface area contributed by atoms with Crippen LogP contribution in [0.25, 0.3) is 11.0 Å². The predicted octanol–water partition coefficient (Wildman–Crippen LogP) is 1.94. The molecule has 1 fully saturated rings. The van der Waals surface area contributed by atoms with E-state index in [0.29, 0.717) is 42.2 Å². The van der Waals surface area contributed by atoms with Crippen molar-refractivity contribution in [1.82, 2.24) is 14.9 Å². The summed E-state index contributed by atoms with van der Waals surface area (Å²) in [6.45, 7) is 0.871. The molecule has 1 atom stereocenters. The Morgan fingerprint density at radius 3 is 2.93 bits per heavy atom. The van der Waals surface area contributed by atoms with Crippen LogP contribution in [0.5, 0.6) is 5.88 Å². The molecular weight excluding hydrogens is 360 g/mol. The Hall–Kier alpha value is -3.42. The van der Waals surface area contributed by atoms with Crippen molar-refractivity contribution in [2.24, 2.45) is 0 Å². The van der Waals surface area contributed by atoms with E-state index in [1.54, 1.807) is 41.6 Å². The number of likely N-dealkylation sites (tertiary alicyclic amines) is 1. The summed E-state index contributed by atoms with van der Waals surface area (Å²) in [5.41, 5.74) is -0.127. The molecule has 8 nitrogen and oxygen atoms in total. The SMILES string of the molecule is CN(C)c1cncc(OC2CCN(C(=O)c3cc4ccccc4oc3=O)C2)n1. The number of carbonyl (C=O) groups is 1. The third-order valence-corrected chi connectivity index (χ3v) is 4.65. The second-order valence-electron chi connectivity index (χ2n) is 6.87. The van der Waals surface area contributed by atoms with Gasteiger partial charge in [-0.2, -0.15) is 4.98 Å². The van der Waals surface area contributed by atoms with Crippen molar-refractivity contribution < 1.29 is 13.9 Å². The lowest BCUT2D eigenvalue weighted by Gasteiger charge is -2.17. The lowest BCUT2D eigenvalue weighted by atomic mass is 10.1. The second kappa shape index (κ2) is 7.30. The maximum absolute atomic E-state index is 12.8. The first kappa shape index (κ1) is 18.0. The zero-order valence-electron chi connectivity index (χ0n) is 15.7. The fourth-order valence-electron chi connectivity index (χ4n) is 3.17. The Bertz CT molecular complexity index is 1080. The minimum Gasteiger partial charge on any atom is -0.471 e. The number of benzene rings is 1. The topological polar surface area (TPSA) is 88.8 Å². The first-order chi connectivity index (χ1) is 13.5. The average molecular weight is 380 g/mol. The number of anilines is 1. The molecule has 0 aliphatic carbocycles. The van der Waals surface area contributed by atoms with Crippen LogP contribution >= 0.6 is 0 Å². The molecule has 1 aliphatic rings. The molecule has 2 aromatic heterocycles. The third kappa shape index (κ3) is 3.53.